The van der Waals surface area contributed by atoms with E-state index in [1.807, 2.05) is 19.9 Å². The lowest BCUT2D eigenvalue weighted by molar-refractivity contribution is -0.123. The van der Waals surface area contributed by atoms with E-state index in [1.165, 1.54) is 0 Å². The number of unbranched alkanes of at least 4 members (excludes halogenated alkanes) is 1. The first-order chi connectivity index (χ1) is 9.53. The van der Waals surface area contributed by atoms with Crippen molar-refractivity contribution in [1.82, 2.24) is 0 Å². The second-order valence-corrected chi connectivity index (χ2v) is 4.91. The lowest BCUT2D eigenvalue weighted by Gasteiger charge is -2.17. The molecule has 0 amide bonds. The molecule has 108 valence electrons. The van der Waals surface area contributed by atoms with Gasteiger partial charge >= 0.3 is 0 Å². The molecule has 0 bridgehead atoms. The van der Waals surface area contributed by atoms with E-state index in [0.717, 1.165) is 31.0 Å². The molecule has 0 aliphatic rings. The highest BCUT2D eigenvalue weighted by molar-refractivity contribution is 5.90. The zero-order valence-corrected chi connectivity index (χ0v) is 11.8. The zero-order valence-electron chi connectivity index (χ0n) is 11.8. The molecule has 0 radical (unpaired) electrons. The second kappa shape index (κ2) is 7.74. The van der Waals surface area contributed by atoms with Crippen LogP contribution in [0.3, 0.4) is 0 Å². The molecule has 0 saturated carbocycles. The summed E-state index contributed by atoms with van der Waals surface area (Å²) in [6.45, 7) is 3.92. The van der Waals surface area contributed by atoms with Crippen molar-refractivity contribution in [2.24, 2.45) is 5.92 Å². The average molecular weight is 279 g/mol. The van der Waals surface area contributed by atoms with E-state index in [4.69, 9.17) is 0 Å². The molecule has 1 rings (SSSR count). The highest BCUT2D eigenvalue weighted by Crippen LogP contribution is 2.26. The summed E-state index contributed by atoms with van der Waals surface area (Å²) in [5.74, 6) is -3.11. The fourth-order valence-electron chi connectivity index (χ4n) is 2.28. The molecule has 0 N–H and O–H groups in total. The van der Waals surface area contributed by atoms with Crippen molar-refractivity contribution in [3.63, 3.8) is 0 Å². The van der Waals surface area contributed by atoms with Crippen LogP contribution in [-0.4, -0.2) is 5.78 Å². The van der Waals surface area contributed by atoms with Crippen LogP contribution in [0.25, 0.3) is 0 Å². The third kappa shape index (κ3) is 4.12. The molecule has 20 heavy (non-hydrogen) atoms. The molecule has 0 aromatic heterocycles. The number of nitrogens with zero attached hydrogens (tertiary/aromatic N) is 1. The molecule has 2 unspecified atom stereocenters. The van der Waals surface area contributed by atoms with E-state index in [-0.39, 0.29) is 17.3 Å². The fraction of sp³-hybridized carbons (Fsp3) is 0.500. The van der Waals surface area contributed by atoms with Crippen molar-refractivity contribution in [1.29, 1.82) is 5.26 Å². The minimum absolute atomic E-state index is 0.102. The van der Waals surface area contributed by atoms with Crippen LogP contribution in [0.5, 0.6) is 0 Å². The Morgan fingerprint density at radius 3 is 2.30 bits per heavy atom. The van der Waals surface area contributed by atoms with Gasteiger partial charge in [0.05, 0.1) is 6.07 Å². The first-order valence-electron chi connectivity index (χ1n) is 6.92. The van der Waals surface area contributed by atoms with E-state index in [9.17, 15) is 18.8 Å². The maximum Gasteiger partial charge on any atom is 0.157 e. The third-order valence-electron chi connectivity index (χ3n) is 3.43. The summed E-state index contributed by atoms with van der Waals surface area (Å²) in [4.78, 5) is 12.4. The van der Waals surface area contributed by atoms with E-state index in [2.05, 4.69) is 0 Å². The van der Waals surface area contributed by atoms with Crippen LogP contribution in [0.4, 0.5) is 8.78 Å². The number of carbonyl (C=O) groups excluding carboxylic acids is 1. The van der Waals surface area contributed by atoms with E-state index < -0.39 is 17.6 Å². The Hall–Kier alpha value is -1.76. The zero-order chi connectivity index (χ0) is 15.1. The van der Waals surface area contributed by atoms with E-state index in [0.29, 0.717) is 12.8 Å². The Kier molecular flexibility index (Phi) is 6.30. The number of benzene rings is 1. The topological polar surface area (TPSA) is 40.9 Å². The van der Waals surface area contributed by atoms with Crippen LogP contribution in [0.15, 0.2) is 18.2 Å². The fourth-order valence-corrected chi connectivity index (χ4v) is 2.28. The summed E-state index contributed by atoms with van der Waals surface area (Å²) < 4.78 is 26.4. The molecule has 2 atom stereocenters. The van der Waals surface area contributed by atoms with Gasteiger partial charge in [-0.05, 0) is 30.5 Å². The van der Waals surface area contributed by atoms with Gasteiger partial charge < -0.3 is 0 Å². The number of nitriles is 1. The van der Waals surface area contributed by atoms with Gasteiger partial charge in [0.2, 0.25) is 0 Å². The van der Waals surface area contributed by atoms with Gasteiger partial charge in [0, 0.05) is 12.0 Å². The Labute approximate surface area is 118 Å². The maximum atomic E-state index is 13.2. The minimum atomic E-state index is -1.10. The first-order valence-corrected chi connectivity index (χ1v) is 6.92. The highest BCUT2D eigenvalue weighted by Gasteiger charge is 2.27. The molecule has 0 aliphatic heterocycles. The lowest BCUT2D eigenvalue weighted by Crippen LogP contribution is -2.21. The number of ketones is 1. The van der Waals surface area contributed by atoms with Crippen molar-refractivity contribution < 1.29 is 13.6 Å². The van der Waals surface area contributed by atoms with Crippen molar-refractivity contribution in [3.05, 3.63) is 35.4 Å². The van der Waals surface area contributed by atoms with Crippen LogP contribution in [0, 0.1) is 28.9 Å². The van der Waals surface area contributed by atoms with Gasteiger partial charge in [-0.2, -0.15) is 5.26 Å². The molecule has 0 heterocycles. The van der Waals surface area contributed by atoms with Gasteiger partial charge in [-0.3, -0.25) is 4.79 Å². The lowest BCUT2D eigenvalue weighted by atomic mass is 9.84. The third-order valence-corrected chi connectivity index (χ3v) is 3.43. The standard InChI is InChI=1S/C16H19F2NO/c1-3-5-6-11(4-2)16(20)15(10-19)12-7-13(17)9-14(18)8-12/h7-9,11,15H,3-6H2,1-2H3. The van der Waals surface area contributed by atoms with E-state index >= 15 is 0 Å². The summed E-state index contributed by atoms with van der Waals surface area (Å²) in [5.41, 5.74) is 0.102. The molecular weight excluding hydrogens is 260 g/mol. The normalized spacial score (nSPS) is 13.6. The largest absolute Gasteiger partial charge is 0.298 e. The Bertz CT molecular complexity index is 487. The Balaban J connectivity index is 2.99. The van der Waals surface area contributed by atoms with Crippen molar-refractivity contribution >= 4 is 5.78 Å². The van der Waals surface area contributed by atoms with Gasteiger partial charge in [-0.1, -0.05) is 26.7 Å². The first kappa shape index (κ1) is 16.3. The van der Waals surface area contributed by atoms with Crippen molar-refractivity contribution in [3.8, 4) is 6.07 Å². The SMILES string of the molecule is CCCCC(CC)C(=O)C(C#N)c1cc(F)cc(F)c1. The molecular formula is C16H19F2NO. The summed E-state index contributed by atoms with van der Waals surface area (Å²) in [6.07, 6.45) is 3.21. The molecule has 0 fully saturated rings. The molecule has 0 spiro atoms. The van der Waals surface area contributed by atoms with Gasteiger partial charge in [0.15, 0.2) is 5.78 Å². The maximum absolute atomic E-state index is 13.2. The minimum Gasteiger partial charge on any atom is -0.298 e. The van der Waals surface area contributed by atoms with Gasteiger partial charge in [0.25, 0.3) is 0 Å². The van der Waals surface area contributed by atoms with Crippen LogP contribution in [-0.2, 0) is 4.79 Å². The number of hydrogen-bond donors (Lipinski definition) is 0. The molecule has 4 heteroatoms. The molecule has 1 aromatic carbocycles. The van der Waals surface area contributed by atoms with Gasteiger partial charge in [-0.25, -0.2) is 8.78 Å². The molecule has 1 aromatic rings. The molecule has 0 saturated heterocycles. The average Bonchev–Trinajstić information content (AvgIpc) is 2.39. The summed E-state index contributed by atoms with van der Waals surface area (Å²) in [5, 5.41) is 9.19. The number of carbonyl (C=O) groups is 1. The Morgan fingerprint density at radius 1 is 1.25 bits per heavy atom. The van der Waals surface area contributed by atoms with Crippen LogP contribution in [0.1, 0.15) is 51.0 Å². The number of Topliss-reactive ketones (excluding diaryl/α,β-unsaturated/α-hetero) is 1. The van der Waals surface area contributed by atoms with Crippen molar-refractivity contribution in [2.75, 3.05) is 0 Å². The predicted octanol–water partition coefficient (Wildman–Crippen LogP) is 4.36. The molecule has 2 nitrogen and oxygen atoms in total. The predicted molar refractivity (Wildman–Crippen MR) is 73.0 cm³/mol. The van der Waals surface area contributed by atoms with Gasteiger partial charge in [0.1, 0.15) is 17.6 Å². The quantitative estimate of drug-likeness (QED) is 0.744. The number of halogens is 2. The van der Waals surface area contributed by atoms with Crippen molar-refractivity contribution in [2.45, 2.75) is 45.4 Å². The Morgan fingerprint density at radius 2 is 1.85 bits per heavy atom. The van der Waals surface area contributed by atoms with E-state index in [1.54, 1.807) is 0 Å². The summed E-state index contributed by atoms with van der Waals surface area (Å²) >= 11 is 0. The highest BCUT2D eigenvalue weighted by atomic mass is 19.1. The summed E-state index contributed by atoms with van der Waals surface area (Å²) in [7, 11) is 0. The smallest absolute Gasteiger partial charge is 0.157 e. The monoisotopic (exact) mass is 279 g/mol. The van der Waals surface area contributed by atoms with Crippen LogP contribution < -0.4 is 0 Å². The number of rotatable bonds is 7. The summed E-state index contributed by atoms with van der Waals surface area (Å²) in [6, 6.07) is 4.73. The molecule has 0 aliphatic carbocycles. The second-order valence-electron chi connectivity index (χ2n) is 4.91. The number of hydrogen-bond acceptors (Lipinski definition) is 2. The van der Waals surface area contributed by atoms with Crippen LogP contribution in [0.2, 0.25) is 0 Å². The van der Waals surface area contributed by atoms with Gasteiger partial charge in [-0.15, -0.1) is 0 Å². The van der Waals surface area contributed by atoms with Crippen LogP contribution >= 0.6 is 0 Å².